The molecule has 2 heterocycles. The first-order valence-corrected chi connectivity index (χ1v) is 8.53. The maximum atomic E-state index is 11.5. The summed E-state index contributed by atoms with van der Waals surface area (Å²) in [6.07, 6.45) is 4.63. The van der Waals surface area contributed by atoms with Gasteiger partial charge in [-0.05, 0) is 30.5 Å². The second-order valence-corrected chi connectivity index (χ2v) is 6.93. The highest BCUT2D eigenvalue weighted by Gasteiger charge is 2.26. The average molecular weight is 299 g/mol. The van der Waals surface area contributed by atoms with Crippen molar-refractivity contribution in [3.63, 3.8) is 0 Å². The number of hydrogen-bond acceptors (Lipinski definition) is 5. The predicted octanol–water partition coefficient (Wildman–Crippen LogP) is 0.716. The van der Waals surface area contributed by atoms with E-state index in [9.17, 15) is 8.42 Å². The van der Waals surface area contributed by atoms with Crippen LogP contribution in [0.15, 0.2) is 18.3 Å². The highest BCUT2D eigenvalue weighted by Crippen LogP contribution is 2.15. The van der Waals surface area contributed by atoms with Crippen molar-refractivity contribution < 1.29 is 13.2 Å². The highest BCUT2D eigenvalue weighted by atomic mass is 32.2. The van der Waals surface area contributed by atoms with Crippen molar-refractivity contribution in [1.82, 2.24) is 9.29 Å². The van der Waals surface area contributed by atoms with Crippen LogP contribution in [0.2, 0.25) is 0 Å². The third-order valence-corrected chi connectivity index (χ3v) is 4.68. The molecule has 1 fully saturated rings. The third kappa shape index (κ3) is 4.16. The van der Waals surface area contributed by atoms with Crippen LogP contribution in [0, 0.1) is 0 Å². The van der Waals surface area contributed by atoms with Gasteiger partial charge in [-0.25, -0.2) is 13.4 Å². The van der Waals surface area contributed by atoms with Crippen LogP contribution < -0.4 is 5.32 Å². The summed E-state index contributed by atoms with van der Waals surface area (Å²) in [5.41, 5.74) is 1.17. The first-order chi connectivity index (χ1) is 9.49. The SMILES string of the molecule is CNc1cc(CCC2CN(S(C)(=O)=O)CCO2)ccn1. The molecule has 0 spiro atoms. The number of aryl methyl sites for hydroxylation is 1. The Labute approximate surface area is 120 Å². The van der Waals surface area contributed by atoms with Crippen molar-refractivity contribution in [3.05, 3.63) is 23.9 Å². The Bertz CT molecular complexity index is 548. The van der Waals surface area contributed by atoms with Crippen molar-refractivity contribution in [2.45, 2.75) is 18.9 Å². The minimum absolute atomic E-state index is 0.0373. The molecule has 1 saturated heterocycles. The van der Waals surface area contributed by atoms with Gasteiger partial charge in [0.15, 0.2) is 0 Å². The fourth-order valence-corrected chi connectivity index (χ4v) is 3.11. The average Bonchev–Trinajstić information content (AvgIpc) is 2.45. The summed E-state index contributed by atoms with van der Waals surface area (Å²) in [7, 11) is -1.29. The molecule has 20 heavy (non-hydrogen) atoms. The van der Waals surface area contributed by atoms with Gasteiger partial charge in [-0.2, -0.15) is 4.31 Å². The molecule has 0 saturated carbocycles. The minimum Gasteiger partial charge on any atom is -0.375 e. The molecule has 2 rings (SSSR count). The summed E-state index contributed by atoms with van der Waals surface area (Å²) in [6, 6.07) is 3.97. The van der Waals surface area contributed by atoms with Crippen LogP contribution in [0.1, 0.15) is 12.0 Å². The number of ether oxygens (including phenoxy) is 1. The zero-order valence-electron chi connectivity index (χ0n) is 11.9. The summed E-state index contributed by atoms with van der Waals surface area (Å²) in [5.74, 6) is 0.838. The number of hydrogen-bond donors (Lipinski definition) is 1. The Morgan fingerprint density at radius 2 is 2.35 bits per heavy atom. The Morgan fingerprint density at radius 1 is 1.55 bits per heavy atom. The molecule has 1 aliphatic heterocycles. The molecule has 1 aromatic heterocycles. The lowest BCUT2D eigenvalue weighted by atomic mass is 10.1. The van der Waals surface area contributed by atoms with E-state index in [-0.39, 0.29) is 6.10 Å². The van der Waals surface area contributed by atoms with E-state index in [4.69, 9.17) is 4.74 Å². The molecule has 1 aromatic rings. The van der Waals surface area contributed by atoms with Gasteiger partial charge in [0.2, 0.25) is 10.0 Å². The number of pyridine rings is 1. The van der Waals surface area contributed by atoms with Crippen molar-refractivity contribution in [2.75, 3.05) is 38.3 Å². The van der Waals surface area contributed by atoms with Gasteiger partial charge in [-0.3, -0.25) is 0 Å². The van der Waals surface area contributed by atoms with Crippen LogP contribution in [0.25, 0.3) is 0 Å². The summed E-state index contributed by atoms with van der Waals surface area (Å²) in [6.45, 7) is 1.37. The molecule has 7 heteroatoms. The number of nitrogens with one attached hydrogen (secondary N) is 1. The second kappa shape index (κ2) is 6.51. The number of nitrogens with zero attached hydrogens (tertiary/aromatic N) is 2. The van der Waals surface area contributed by atoms with Gasteiger partial charge in [0.05, 0.1) is 19.0 Å². The molecule has 1 atom stereocenters. The van der Waals surface area contributed by atoms with E-state index in [1.165, 1.54) is 16.1 Å². The quantitative estimate of drug-likeness (QED) is 0.867. The molecular formula is C13H21N3O3S. The van der Waals surface area contributed by atoms with Crippen molar-refractivity contribution in [1.29, 1.82) is 0 Å². The van der Waals surface area contributed by atoms with Gasteiger partial charge >= 0.3 is 0 Å². The standard InChI is InChI=1S/C13H21N3O3S/c1-14-13-9-11(5-6-15-13)3-4-12-10-16(7-8-19-12)20(2,17)18/h5-6,9,12H,3-4,7-8,10H2,1-2H3,(H,14,15). The molecule has 1 N–H and O–H groups in total. The molecule has 0 bridgehead atoms. The number of anilines is 1. The fourth-order valence-electron chi connectivity index (χ4n) is 2.26. The molecule has 1 aliphatic rings. The Balaban J connectivity index is 1.90. The number of sulfonamides is 1. The molecule has 1 unspecified atom stereocenters. The van der Waals surface area contributed by atoms with E-state index < -0.39 is 10.0 Å². The van der Waals surface area contributed by atoms with Gasteiger partial charge in [0.1, 0.15) is 5.82 Å². The Kier molecular flexibility index (Phi) is 4.95. The van der Waals surface area contributed by atoms with E-state index in [1.54, 1.807) is 6.20 Å². The van der Waals surface area contributed by atoms with Gasteiger partial charge in [-0.1, -0.05) is 0 Å². The van der Waals surface area contributed by atoms with Crippen molar-refractivity contribution >= 4 is 15.8 Å². The summed E-state index contributed by atoms with van der Waals surface area (Å²) >= 11 is 0. The zero-order valence-corrected chi connectivity index (χ0v) is 12.7. The van der Waals surface area contributed by atoms with Crippen LogP contribution in [0.3, 0.4) is 0 Å². The first-order valence-electron chi connectivity index (χ1n) is 6.68. The Morgan fingerprint density at radius 3 is 3.05 bits per heavy atom. The largest absolute Gasteiger partial charge is 0.375 e. The van der Waals surface area contributed by atoms with Gasteiger partial charge in [-0.15, -0.1) is 0 Å². The number of rotatable bonds is 5. The smallest absolute Gasteiger partial charge is 0.211 e. The second-order valence-electron chi connectivity index (χ2n) is 4.95. The lowest BCUT2D eigenvalue weighted by Gasteiger charge is -2.31. The summed E-state index contributed by atoms with van der Waals surface area (Å²) in [5, 5.41) is 3.00. The summed E-state index contributed by atoms with van der Waals surface area (Å²) < 4.78 is 30.2. The molecule has 0 radical (unpaired) electrons. The summed E-state index contributed by atoms with van der Waals surface area (Å²) in [4.78, 5) is 4.17. The van der Waals surface area contributed by atoms with Crippen LogP contribution in [-0.4, -0.2) is 56.8 Å². The van der Waals surface area contributed by atoms with E-state index >= 15 is 0 Å². The van der Waals surface area contributed by atoms with Gasteiger partial charge in [0, 0.05) is 26.3 Å². The van der Waals surface area contributed by atoms with E-state index in [1.807, 2.05) is 19.2 Å². The Hall–Kier alpha value is -1.18. The maximum absolute atomic E-state index is 11.5. The molecule has 0 aliphatic carbocycles. The predicted molar refractivity (Wildman–Crippen MR) is 78.3 cm³/mol. The molecule has 0 amide bonds. The fraction of sp³-hybridized carbons (Fsp3) is 0.615. The van der Waals surface area contributed by atoms with Crippen LogP contribution in [-0.2, 0) is 21.2 Å². The zero-order chi connectivity index (χ0) is 14.6. The molecular weight excluding hydrogens is 278 g/mol. The number of morpholine rings is 1. The molecule has 112 valence electrons. The lowest BCUT2D eigenvalue weighted by molar-refractivity contribution is -0.00506. The van der Waals surface area contributed by atoms with Crippen molar-refractivity contribution in [3.8, 4) is 0 Å². The minimum atomic E-state index is -3.12. The van der Waals surface area contributed by atoms with Crippen LogP contribution >= 0.6 is 0 Å². The number of aromatic nitrogens is 1. The van der Waals surface area contributed by atoms with E-state index in [0.717, 1.165) is 18.7 Å². The monoisotopic (exact) mass is 299 g/mol. The van der Waals surface area contributed by atoms with Gasteiger partial charge in [0.25, 0.3) is 0 Å². The molecule has 0 aromatic carbocycles. The van der Waals surface area contributed by atoms with Crippen LogP contribution in [0.4, 0.5) is 5.82 Å². The van der Waals surface area contributed by atoms with E-state index in [2.05, 4.69) is 10.3 Å². The van der Waals surface area contributed by atoms with E-state index in [0.29, 0.717) is 19.7 Å². The lowest BCUT2D eigenvalue weighted by Crippen LogP contribution is -2.45. The van der Waals surface area contributed by atoms with Gasteiger partial charge < -0.3 is 10.1 Å². The van der Waals surface area contributed by atoms with Crippen molar-refractivity contribution in [2.24, 2.45) is 0 Å². The highest BCUT2D eigenvalue weighted by molar-refractivity contribution is 7.88. The maximum Gasteiger partial charge on any atom is 0.211 e. The third-order valence-electron chi connectivity index (χ3n) is 3.41. The van der Waals surface area contributed by atoms with Crippen LogP contribution in [0.5, 0.6) is 0 Å². The normalized spacial score (nSPS) is 20.8. The molecule has 6 nitrogen and oxygen atoms in total. The first kappa shape index (κ1) is 15.2. The topological polar surface area (TPSA) is 71.5 Å².